The molecule has 0 aliphatic carbocycles. The van der Waals surface area contributed by atoms with Gasteiger partial charge in [-0.1, -0.05) is 6.07 Å². The second kappa shape index (κ2) is 5.59. The van der Waals surface area contributed by atoms with Gasteiger partial charge in [-0.2, -0.15) is 0 Å². The topological polar surface area (TPSA) is 64.1 Å². The maximum absolute atomic E-state index is 11.9. The van der Waals surface area contributed by atoms with Gasteiger partial charge in [0.05, 0.1) is 19.0 Å². The van der Waals surface area contributed by atoms with Crippen LogP contribution in [0.15, 0.2) is 41.1 Å². The highest BCUT2D eigenvalue weighted by atomic mass is 79.9. The Hall–Kier alpha value is -1.95. The fourth-order valence-electron chi connectivity index (χ4n) is 1.30. The first-order valence-electron chi connectivity index (χ1n) is 5.13. The molecule has 0 unspecified atom stereocenters. The Labute approximate surface area is 112 Å². The standard InChI is InChI=1S/C12H10BrN3O2/c1-18-11-6-5-8(7-14-11)15-12(17)9-3-2-4-10(13)16-9/h2-7H,1H3,(H,15,17). The predicted octanol–water partition coefficient (Wildman–Crippen LogP) is 2.50. The zero-order chi connectivity index (χ0) is 13.0. The van der Waals surface area contributed by atoms with Gasteiger partial charge in [-0.05, 0) is 34.1 Å². The number of anilines is 1. The zero-order valence-electron chi connectivity index (χ0n) is 9.55. The first-order valence-corrected chi connectivity index (χ1v) is 5.92. The fraction of sp³-hybridized carbons (Fsp3) is 0.0833. The normalized spacial score (nSPS) is 9.89. The first-order chi connectivity index (χ1) is 8.69. The maximum Gasteiger partial charge on any atom is 0.274 e. The van der Waals surface area contributed by atoms with Crippen LogP contribution in [-0.2, 0) is 0 Å². The van der Waals surface area contributed by atoms with E-state index in [1.54, 1.807) is 30.3 Å². The molecule has 0 spiro atoms. The van der Waals surface area contributed by atoms with E-state index in [9.17, 15) is 4.79 Å². The quantitative estimate of drug-likeness (QED) is 0.885. The number of nitrogens with one attached hydrogen (secondary N) is 1. The van der Waals surface area contributed by atoms with E-state index in [4.69, 9.17) is 4.74 Å². The minimum absolute atomic E-state index is 0.289. The van der Waals surface area contributed by atoms with E-state index in [-0.39, 0.29) is 5.91 Å². The molecule has 2 heterocycles. The Bertz CT molecular complexity index is 558. The lowest BCUT2D eigenvalue weighted by Gasteiger charge is -2.05. The molecule has 0 aliphatic rings. The molecule has 0 fully saturated rings. The first kappa shape index (κ1) is 12.5. The van der Waals surface area contributed by atoms with Crippen LogP contribution in [0.25, 0.3) is 0 Å². The van der Waals surface area contributed by atoms with Crippen LogP contribution >= 0.6 is 15.9 Å². The van der Waals surface area contributed by atoms with Gasteiger partial charge in [0.25, 0.3) is 5.91 Å². The highest BCUT2D eigenvalue weighted by molar-refractivity contribution is 9.10. The van der Waals surface area contributed by atoms with Crippen molar-refractivity contribution in [2.75, 3.05) is 12.4 Å². The molecule has 2 rings (SSSR count). The number of aromatic nitrogens is 2. The van der Waals surface area contributed by atoms with Gasteiger partial charge in [-0.3, -0.25) is 4.79 Å². The van der Waals surface area contributed by atoms with Gasteiger partial charge in [0.1, 0.15) is 10.3 Å². The Kier molecular flexibility index (Phi) is 3.88. The number of rotatable bonds is 3. The van der Waals surface area contributed by atoms with Gasteiger partial charge in [-0.15, -0.1) is 0 Å². The third-order valence-electron chi connectivity index (χ3n) is 2.15. The van der Waals surface area contributed by atoms with Gasteiger partial charge in [0, 0.05) is 6.07 Å². The molecule has 1 amide bonds. The Morgan fingerprint density at radius 3 is 2.78 bits per heavy atom. The second-order valence-electron chi connectivity index (χ2n) is 3.39. The van der Waals surface area contributed by atoms with Crippen molar-refractivity contribution in [1.29, 1.82) is 0 Å². The molecular weight excluding hydrogens is 298 g/mol. The molecule has 0 atom stereocenters. The number of carbonyl (C=O) groups is 1. The van der Waals surface area contributed by atoms with Crippen molar-refractivity contribution in [2.45, 2.75) is 0 Å². The van der Waals surface area contributed by atoms with E-state index in [0.29, 0.717) is 21.9 Å². The highest BCUT2D eigenvalue weighted by Gasteiger charge is 2.08. The molecule has 92 valence electrons. The van der Waals surface area contributed by atoms with Crippen LogP contribution < -0.4 is 10.1 Å². The zero-order valence-corrected chi connectivity index (χ0v) is 11.1. The van der Waals surface area contributed by atoms with E-state index < -0.39 is 0 Å². The van der Waals surface area contributed by atoms with E-state index in [1.165, 1.54) is 13.3 Å². The summed E-state index contributed by atoms with van der Waals surface area (Å²) in [6.45, 7) is 0. The molecule has 0 saturated carbocycles. The van der Waals surface area contributed by atoms with Crippen LogP contribution in [0.1, 0.15) is 10.5 Å². The third-order valence-corrected chi connectivity index (χ3v) is 2.59. The number of ether oxygens (including phenoxy) is 1. The van der Waals surface area contributed by atoms with Crippen molar-refractivity contribution in [3.63, 3.8) is 0 Å². The van der Waals surface area contributed by atoms with Crippen molar-refractivity contribution >= 4 is 27.5 Å². The molecule has 1 N–H and O–H groups in total. The van der Waals surface area contributed by atoms with Crippen molar-refractivity contribution < 1.29 is 9.53 Å². The summed E-state index contributed by atoms with van der Waals surface area (Å²) in [6, 6.07) is 8.52. The molecule has 0 bridgehead atoms. The van der Waals surface area contributed by atoms with Crippen molar-refractivity contribution in [2.24, 2.45) is 0 Å². The van der Waals surface area contributed by atoms with E-state index in [1.807, 2.05) is 0 Å². The van der Waals surface area contributed by atoms with Crippen molar-refractivity contribution in [3.05, 3.63) is 46.8 Å². The summed E-state index contributed by atoms with van der Waals surface area (Å²) in [7, 11) is 1.53. The Morgan fingerprint density at radius 2 is 2.17 bits per heavy atom. The molecule has 0 saturated heterocycles. The number of nitrogens with zero attached hydrogens (tertiary/aromatic N) is 2. The third kappa shape index (κ3) is 3.04. The molecule has 5 nitrogen and oxygen atoms in total. The number of hydrogen-bond donors (Lipinski definition) is 1. The van der Waals surface area contributed by atoms with Crippen LogP contribution in [0.3, 0.4) is 0 Å². The number of halogens is 1. The monoisotopic (exact) mass is 307 g/mol. The van der Waals surface area contributed by atoms with E-state index in [0.717, 1.165) is 0 Å². The second-order valence-corrected chi connectivity index (χ2v) is 4.20. The van der Waals surface area contributed by atoms with Crippen LogP contribution in [0, 0.1) is 0 Å². The highest BCUT2D eigenvalue weighted by Crippen LogP contribution is 2.12. The van der Waals surface area contributed by atoms with Gasteiger partial charge >= 0.3 is 0 Å². The maximum atomic E-state index is 11.9. The molecule has 0 aromatic carbocycles. The van der Waals surface area contributed by atoms with Gasteiger partial charge in [0.2, 0.25) is 5.88 Å². The van der Waals surface area contributed by atoms with Crippen LogP contribution in [0.4, 0.5) is 5.69 Å². The van der Waals surface area contributed by atoms with E-state index in [2.05, 4.69) is 31.2 Å². The Balaban J connectivity index is 2.11. The summed E-state index contributed by atoms with van der Waals surface area (Å²) in [5.74, 6) is 0.205. The van der Waals surface area contributed by atoms with Crippen LogP contribution in [0.2, 0.25) is 0 Å². The Morgan fingerprint density at radius 1 is 1.33 bits per heavy atom. The van der Waals surface area contributed by atoms with Crippen LogP contribution in [0.5, 0.6) is 5.88 Å². The number of amides is 1. The average Bonchev–Trinajstić information content (AvgIpc) is 2.39. The predicted molar refractivity (Wildman–Crippen MR) is 70.7 cm³/mol. The fourth-order valence-corrected chi connectivity index (χ4v) is 1.65. The number of methoxy groups -OCH3 is 1. The summed E-state index contributed by atoms with van der Waals surface area (Å²) < 4.78 is 5.55. The number of hydrogen-bond acceptors (Lipinski definition) is 4. The largest absolute Gasteiger partial charge is 0.481 e. The van der Waals surface area contributed by atoms with Crippen molar-refractivity contribution in [3.8, 4) is 5.88 Å². The minimum Gasteiger partial charge on any atom is -0.481 e. The van der Waals surface area contributed by atoms with Gasteiger partial charge in [-0.25, -0.2) is 9.97 Å². The molecule has 6 heteroatoms. The van der Waals surface area contributed by atoms with Gasteiger partial charge < -0.3 is 10.1 Å². The minimum atomic E-state index is -0.289. The molecule has 0 radical (unpaired) electrons. The summed E-state index contributed by atoms with van der Waals surface area (Å²) in [6.07, 6.45) is 1.52. The molecular formula is C12H10BrN3O2. The number of pyridine rings is 2. The lowest BCUT2D eigenvalue weighted by Crippen LogP contribution is -2.13. The molecule has 2 aromatic heterocycles. The summed E-state index contributed by atoms with van der Waals surface area (Å²) in [4.78, 5) is 19.9. The smallest absolute Gasteiger partial charge is 0.274 e. The molecule has 0 aliphatic heterocycles. The summed E-state index contributed by atoms with van der Waals surface area (Å²) in [5, 5.41) is 2.70. The molecule has 2 aromatic rings. The SMILES string of the molecule is COc1ccc(NC(=O)c2cccc(Br)n2)cn1. The lowest BCUT2D eigenvalue weighted by atomic mass is 10.3. The lowest BCUT2D eigenvalue weighted by molar-refractivity contribution is 0.102. The van der Waals surface area contributed by atoms with Gasteiger partial charge in [0.15, 0.2) is 0 Å². The van der Waals surface area contributed by atoms with E-state index >= 15 is 0 Å². The summed E-state index contributed by atoms with van der Waals surface area (Å²) in [5.41, 5.74) is 0.919. The average molecular weight is 308 g/mol. The van der Waals surface area contributed by atoms with Crippen molar-refractivity contribution in [1.82, 2.24) is 9.97 Å². The van der Waals surface area contributed by atoms with Crippen LogP contribution in [-0.4, -0.2) is 23.0 Å². The summed E-state index contributed by atoms with van der Waals surface area (Å²) >= 11 is 3.21. The number of carbonyl (C=O) groups excluding carboxylic acids is 1. The molecule has 18 heavy (non-hydrogen) atoms.